The molecule has 0 amide bonds. The first-order chi connectivity index (χ1) is 9.08. The molecule has 0 fully saturated rings. The van der Waals surface area contributed by atoms with Crippen molar-refractivity contribution in [1.82, 2.24) is 4.31 Å². The van der Waals surface area contributed by atoms with Crippen LogP contribution in [0.3, 0.4) is 0 Å². The van der Waals surface area contributed by atoms with Crippen LogP contribution in [0.4, 0.5) is 0 Å². The van der Waals surface area contributed by atoms with E-state index in [4.69, 9.17) is 5.26 Å². The number of hydrogen-bond donors (Lipinski definition) is 0. The minimum absolute atomic E-state index is 0.0463. The van der Waals surface area contributed by atoms with Gasteiger partial charge in [0.1, 0.15) is 9.84 Å². The molecule has 110 valence electrons. The molecule has 1 aromatic carbocycles. The molecule has 6 nitrogen and oxygen atoms in total. The molecule has 0 radical (unpaired) electrons. The summed E-state index contributed by atoms with van der Waals surface area (Å²) in [5.41, 5.74) is 0.966. The Kier molecular flexibility index (Phi) is 4.91. The Labute approximate surface area is 119 Å². The number of nitrogens with zero attached hydrogens (tertiary/aromatic N) is 2. The molecule has 1 rings (SSSR count). The quantitative estimate of drug-likeness (QED) is 0.789. The van der Waals surface area contributed by atoms with Crippen LogP contribution in [-0.2, 0) is 19.9 Å². The summed E-state index contributed by atoms with van der Waals surface area (Å²) in [6.45, 7) is 1.54. The highest BCUT2D eigenvalue weighted by molar-refractivity contribution is 7.91. The molecule has 0 aliphatic heterocycles. The Bertz CT molecular complexity index is 746. The number of nitriles is 1. The average molecular weight is 316 g/mol. The van der Waals surface area contributed by atoms with Crippen LogP contribution in [0.2, 0.25) is 0 Å². The minimum Gasteiger partial charge on any atom is -0.229 e. The Morgan fingerprint density at radius 3 is 2.30 bits per heavy atom. The molecule has 0 aromatic heterocycles. The first kappa shape index (κ1) is 16.6. The van der Waals surface area contributed by atoms with E-state index >= 15 is 0 Å². The fourth-order valence-electron chi connectivity index (χ4n) is 1.52. The van der Waals surface area contributed by atoms with Gasteiger partial charge in [0.05, 0.1) is 22.3 Å². The molecular formula is C12H16N2O4S2. The summed E-state index contributed by atoms with van der Waals surface area (Å²) in [6.07, 6.45) is 1.05. The largest absolute Gasteiger partial charge is 0.242 e. The molecule has 0 heterocycles. The van der Waals surface area contributed by atoms with Gasteiger partial charge in [-0.25, -0.2) is 16.8 Å². The van der Waals surface area contributed by atoms with Crippen molar-refractivity contribution >= 4 is 19.9 Å². The highest BCUT2D eigenvalue weighted by atomic mass is 32.2. The fourth-order valence-corrected chi connectivity index (χ4v) is 3.49. The molecule has 1 aromatic rings. The molecule has 0 bridgehead atoms. The topological polar surface area (TPSA) is 95.3 Å². The van der Waals surface area contributed by atoms with Crippen LogP contribution in [0.5, 0.6) is 0 Å². The number of aryl methyl sites for hydroxylation is 1. The molecule has 0 saturated carbocycles. The first-order valence-electron chi connectivity index (χ1n) is 5.73. The summed E-state index contributed by atoms with van der Waals surface area (Å²) in [4.78, 5) is 0.0463. The summed E-state index contributed by atoms with van der Waals surface area (Å²) in [6, 6.07) is 6.15. The van der Waals surface area contributed by atoms with E-state index in [-0.39, 0.29) is 17.2 Å². The van der Waals surface area contributed by atoms with E-state index in [9.17, 15) is 16.8 Å². The fraction of sp³-hybridized carbons (Fsp3) is 0.417. The van der Waals surface area contributed by atoms with Gasteiger partial charge in [-0.1, -0.05) is 0 Å². The minimum atomic E-state index is -3.75. The van der Waals surface area contributed by atoms with Crippen molar-refractivity contribution in [2.45, 2.75) is 11.8 Å². The molecule has 0 saturated heterocycles. The number of sulfonamides is 1. The van der Waals surface area contributed by atoms with Gasteiger partial charge in [0.25, 0.3) is 0 Å². The number of benzene rings is 1. The maximum atomic E-state index is 12.2. The van der Waals surface area contributed by atoms with Crippen molar-refractivity contribution in [2.24, 2.45) is 0 Å². The highest BCUT2D eigenvalue weighted by Gasteiger charge is 2.22. The number of hydrogen-bond acceptors (Lipinski definition) is 5. The summed E-state index contributed by atoms with van der Waals surface area (Å²) >= 11 is 0. The molecule has 0 unspecified atom stereocenters. The average Bonchev–Trinajstić information content (AvgIpc) is 2.34. The molecule has 20 heavy (non-hydrogen) atoms. The zero-order valence-corrected chi connectivity index (χ0v) is 13.1. The van der Waals surface area contributed by atoms with E-state index in [0.717, 1.165) is 10.6 Å². The van der Waals surface area contributed by atoms with Crippen LogP contribution in [0, 0.1) is 18.3 Å². The summed E-state index contributed by atoms with van der Waals surface area (Å²) in [7, 11) is -5.65. The van der Waals surface area contributed by atoms with Gasteiger partial charge in [-0.3, -0.25) is 0 Å². The third kappa shape index (κ3) is 4.03. The normalized spacial score (nSPS) is 12.3. The lowest BCUT2D eigenvalue weighted by atomic mass is 10.1. The second kappa shape index (κ2) is 5.91. The molecule has 0 spiro atoms. The van der Waals surface area contributed by atoms with Crippen molar-refractivity contribution in [3.05, 3.63) is 29.3 Å². The third-order valence-electron chi connectivity index (χ3n) is 2.80. The number of sulfone groups is 1. The van der Waals surface area contributed by atoms with Gasteiger partial charge in [0, 0.05) is 19.8 Å². The smallest absolute Gasteiger partial charge is 0.229 e. The standard InChI is InChI=1S/C12H16N2O4S2/c1-10-8-12(5-4-11(10)9-13)20(17,18)14(2)6-7-19(3,15)16/h4-5,8H,6-7H2,1-3H3. The van der Waals surface area contributed by atoms with Crippen molar-refractivity contribution in [2.75, 3.05) is 25.6 Å². The van der Waals surface area contributed by atoms with Gasteiger partial charge in [0.15, 0.2) is 0 Å². The van der Waals surface area contributed by atoms with Crippen molar-refractivity contribution in [3.8, 4) is 6.07 Å². The highest BCUT2D eigenvalue weighted by Crippen LogP contribution is 2.18. The van der Waals surface area contributed by atoms with Crippen molar-refractivity contribution in [1.29, 1.82) is 5.26 Å². The van der Waals surface area contributed by atoms with E-state index in [1.54, 1.807) is 6.92 Å². The van der Waals surface area contributed by atoms with E-state index in [1.807, 2.05) is 6.07 Å². The summed E-state index contributed by atoms with van der Waals surface area (Å²) in [5, 5.41) is 8.82. The first-order valence-corrected chi connectivity index (χ1v) is 9.23. The molecule has 0 atom stereocenters. The maximum Gasteiger partial charge on any atom is 0.242 e. The number of rotatable bonds is 5. The lowest BCUT2D eigenvalue weighted by Crippen LogP contribution is -2.31. The molecule has 0 aliphatic rings. The lowest BCUT2D eigenvalue weighted by molar-refractivity contribution is 0.484. The predicted octanol–water partition coefficient (Wildman–Crippen LogP) is 0.532. The molecular weight excluding hydrogens is 300 g/mol. The van der Waals surface area contributed by atoms with Gasteiger partial charge < -0.3 is 0 Å². The van der Waals surface area contributed by atoms with Gasteiger partial charge in [-0.05, 0) is 30.7 Å². The molecule has 0 aliphatic carbocycles. The van der Waals surface area contributed by atoms with Crippen LogP contribution in [0.25, 0.3) is 0 Å². The van der Waals surface area contributed by atoms with E-state index in [1.165, 1.54) is 25.2 Å². The van der Waals surface area contributed by atoms with Crippen LogP contribution in [0.1, 0.15) is 11.1 Å². The Morgan fingerprint density at radius 2 is 1.85 bits per heavy atom. The van der Waals surface area contributed by atoms with Crippen LogP contribution < -0.4 is 0 Å². The zero-order valence-electron chi connectivity index (χ0n) is 11.5. The van der Waals surface area contributed by atoms with Gasteiger partial charge in [-0.2, -0.15) is 9.57 Å². The lowest BCUT2D eigenvalue weighted by Gasteiger charge is -2.17. The van der Waals surface area contributed by atoms with Crippen LogP contribution >= 0.6 is 0 Å². The summed E-state index contributed by atoms with van der Waals surface area (Å²) in [5.74, 6) is -0.238. The SMILES string of the molecule is Cc1cc(S(=O)(=O)N(C)CCS(C)(=O)=O)ccc1C#N. The van der Waals surface area contributed by atoms with Crippen LogP contribution in [-0.4, -0.2) is 46.7 Å². The Balaban J connectivity index is 3.05. The Hall–Kier alpha value is -1.43. The van der Waals surface area contributed by atoms with Crippen molar-refractivity contribution in [3.63, 3.8) is 0 Å². The third-order valence-corrected chi connectivity index (χ3v) is 5.58. The van der Waals surface area contributed by atoms with Gasteiger partial charge in [0.2, 0.25) is 10.0 Å². The molecule has 8 heteroatoms. The van der Waals surface area contributed by atoms with E-state index in [0.29, 0.717) is 11.1 Å². The monoisotopic (exact) mass is 316 g/mol. The second-order valence-electron chi connectivity index (χ2n) is 4.54. The zero-order chi connectivity index (χ0) is 15.6. The Morgan fingerprint density at radius 1 is 1.25 bits per heavy atom. The van der Waals surface area contributed by atoms with E-state index < -0.39 is 19.9 Å². The van der Waals surface area contributed by atoms with Gasteiger partial charge in [-0.15, -0.1) is 0 Å². The maximum absolute atomic E-state index is 12.2. The van der Waals surface area contributed by atoms with Crippen LogP contribution in [0.15, 0.2) is 23.1 Å². The summed E-state index contributed by atoms with van der Waals surface area (Å²) < 4.78 is 47.7. The predicted molar refractivity (Wildman–Crippen MR) is 75.4 cm³/mol. The second-order valence-corrected chi connectivity index (χ2v) is 8.85. The van der Waals surface area contributed by atoms with Gasteiger partial charge >= 0.3 is 0 Å². The molecule has 0 N–H and O–H groups in total. The van der Waals surface area contributed by atoms with Crippen molar-refractivity contribution < 1.29 is 16.8 Å². The van der Waals surface area contributed by atoms with E-state index in [2.05, 4.69) is 0 Å².